The predicted octanol–water partition coefficient (Wildman–Crippen LogP) is 2.63. The van der Waals surface area contributed by atoms with E-state index in [2.05, 4.69) is 9.82 Å². The maximum atomic E-state index is 13.6. The normalized spacial score (nSPS) is 11.6. The zero-order valence-corrected chi connectivity index (χ0v) is 13.2. The van der Waals surface area contributed by atoms with Crippen molar-refractivity contribution in [2.45, 2.75) is 11.4 Å². The average Bonchev–Trinajstić information content (AvgIpc) is 3.03. The number of hydrogen-bond donors (Lipinski definition) is 1. The number of para-hydroxylation sites is 1. The Hall–Kier alpha value is -2.58. The van der Waals surface area contributed by atoms with Crippen LogP contribution in [0.3, 0.4) is 0 Å². The Bertz CT molecular complexity index is 936. The minimum Gasteiger partial charge on any atom is -0.241 e. The largest absolute Gasteiger partial charge is 0.246 e. The Labute approximate surface area is 137 Å². The fraction of sp³-hybridized carbons (Fsp3) is 0.0625. The lowest BCUT2D eigenvalue weighted by molar-refractivity contribution is 0.513. The zero-order valence-electron chi connectivity index (χ0n) is 12.4. The van der Waals surface area contributed by atoms with Crippen molar-refractivity contribution in [1.29, 1.82) is 0 Å². The monoisotopic (exact) mass is 349 g/mol. The van der Waals surface area contributed by atoms with Crippen molar-refractivity contribution in [3.8, 4) is 5.69 Å². The Morgan fingerprint density at radius 3 is 2.29 bits per heavy atom. The fourth-order valence-electron chi connectivity index (χ4n) is 2.16. The second-order valence-corrected chi connectivity index (χ2v) is 6.67. The Kier molecular flexibility index (Phi) is 4.41. The number of hydrogen-bond acceptors (Lipinski definition) is 3. The third-order valence-corrected chi connectivity index (χ3v) is 4.75. The first-order chi connectivity index (χ1) is 11.5. The highest BCUT2D eigenvalue weighted by Gasteiger charge is 2.23. The van der Waals surface area contributed by atoms with Crippen LogP contribution in [0.25, 0.3) is 5.69 Å². The Morgan fingerprint density at radius 1 is 0.958 bits per heavy atom. The van der Waals surface area contributed by atoms with Gasteiger partial charge in [0.25, 0.3) is 0 Å². The second-order valence-electron chi connectivity index (χ2n) is 4.96. The zero-order chi connectivity index (χ0) is 17.2. The van der Waals surface area contributed by atoms with Gasteiger partial charge in [-0.25, -0.2) is 26.6 Å². The lowest BCUT2D eigenvalue weighted by Gasteiger charge is -2.07. The van der Waals surface area contributed by atoms with Crippen molar-refractivity contribution in [2.24, 2.45) is 0 Å². The van der Waals surface area contributed by atoms with Gasteiger partial charge >= 0.3 is 0 Å². The van der Waals surface area contributed by atoms with Gasteiger partial charge in [-0.05, 0) is 30.3 Å². The van der Waals surface area contributed by atoms with Crippen LogP contribution in [-0.4, -0.2) is 18.2 Å². The van der Waals surface area contributed by atoms with E-state index in [0.717, 1.165) is 23.9 Å². The predicted molar refractivity (Wildman–Crippen MR) is 83.9 cm³/mol. The highest BCUT2D eigenvalue weighted by molar-refractivity contribution is 7.89. The van der Waals surface area contributed by atoms with Crippen LogP contribution in [0.2, 0.25) is 0 Å². The molecule has 0 unspecified atom stereocenters. The molecule has 2 aromatic carbocycles. The van der Waals surface area contributed by atoms with Gasteiger partial charge in [-0.15, -0.1) is 0 Å². The molecule has 0 aliphatic carbocycles. The molecule has 0 radical (unpaired) electrons. The van der Waals surface area contributed by atoms with Gasteiger partial charge in [0.1, 0.15) is 11.6 Å². The van der Waals surface area contributed by atoms with Crippen LogP contribution in [0.5, 0.6) is 0 Å². The first-order valence-corrected chi connectivity index (χ1v) is 8.49. The number of nitrogens with one attached hydrogen (secondary N) is 1. The van der Waals surface area contributed by atoms with Gasteiger partial charge in [0, 0.05) is 6.20 Å². The average molecular weight is 349 g/mol. The summed E-state index contributed by atoms with van der Waals surface area (Å²) in [5.74, 6) is -2.28. The first kappa shape index (κ1) is 16.3. The molecular formula is C16H13F2N3O2S. The smallest absolute Gasteiger partial charge is 0.241 e. The van der Waals surface area contributed by atoms with Crippen molar-refractivity contribution in [3.05, 3.63) is 78.1 Å². The summed E-state index contributed by atoms with van der Waals surface area (Å²) in [6.45, 7) is -0.185. The third-order valence-electron chi connectivity index (χ3n) is 3.30. The maximum absolute atomic E-state index is 13.6. The number of nitrogens with zero attached hydrogens (tertiary/aromatic N) is 2. The molecule has 3 aromatic rings. The minimum absolute atomic E-state index is 0.185. The molecule has 0 fully saturated rings. The molecule has 0 saturated heterocycles. The Balaban J connectivity index is 1.78. The number of sulfonamides is 1. The Morgan fingerprint density at radius 2 is 1.62 bits per heavy atom. The van der Waals surface area contributed by atoms with Crippen LogP contribution in [0.15, 0.2) is 65.7 Å². The highest BCUT2D eigenvalue weighted by Crippen LogP contribution is 2.18. The summed E-state index contributed by atoms with van der Waals surface area (Å²) < 4.78 is 55.2. The van der Waals surface area contributed by atoms with Crippen molar-refractivity contribution < 1.29 is 17.2 Å². The summed E-state index contributed by atoms with van der Waals surface area (Å²) in [6, 6.07) is 13.7. The molecule has 1 aromatic heterocycles. The summed E-state index contributed by atoms with van der Waals surface area (Å²) in [5.41, 5.74) is 1.23. The number of benzene rings is 2. The van der Waals surface area contributed by atoms with Crippen LogP contribution >= 0.6 is 0 Å². The van der Waals surface area contributed by atoms with Gasteiger partial charge < -0.3 is 0 Å². The third kappa shape index (κ3) is 3.34. The van der Waals surface area contributed by atoms with Crippen molar-refractivity contribution in [1.82, 2.24) is 14.5 Å². The van der Waals surface area contributed by atoms with Crippen LogP contribution in [0.4, 0.5) is 8.78 Å². The van der Waals surface area contributed by atoms with Gasteiger partial charge in [-0.2, -0.15) is 5.10 Å². The minimum atomic E-state index is -4.32. The fourth-order valence-corrected chi connectivity index (χ4v) is 3.29. The lowest BCUT2D eigenvalue weighted by Crippen LogP contribution is -2.25. The molecule has 0 bridgehead atoms. The molecule has 5 nitrogen and oxygen atoms in total. The van der Waals surface area contributed by atoms with E-state index in [1.54, 1.807) is 16.9 Å². The van der Waals surface area contributed by atoms with Crippen LogP contribution < -0.4 is 4.72 Å². The van der Waals surface area contributed by atoms with E-state index in [9.17, 15) is 17.2 Å². The van der Waals surface area contributed by atoms with Gasteiger partial charge in [0.2, 0.25) is 10.0 Å². The van der Waals surface area contributed by atoms with E-state index in [4.69, 9.17) is 0 Å². The quantitative estimate of drug-likeness (QED) is 0.770. The van der Waals surface area contributed by atoms with Gasteiger partial charge in [0.15, 0.2) is 4.90 Å². The number of aromatic nitrogens is 2. The van der Waals surface area contributed by atoms with Crippen LogP contribution in [-0.2, 0) is 16.6 Å². The molecule has 0 atom stereocenters. The molecule has 124 valence electrons. The topological polar surface area (TPSA) is 64.0 Å². The molecule has 1 heterocycles. The van der Waals surface area contributed by atoms with Crippen molar-refractivity contribution in [3.63, 3.8) is 0 Å². The van der Waals surface area contributed by atoms with E-state index >= 15 is 0 Å². The van der Waals surface area contributed by atoms with Crippen LogP contribution in [0, 0.1) is 11.6 Å². The number of rotatable bonds is 5. The lowest BCUT2D eigenvalue weighted by atomic mass is 10.3. The van der Waals surface area contributed by atoms with Gasteiger partial charge in [0.05, 0.1) is 17.9 Å². The first-order valence-electron chi connectivity index (χ1n) is 7.01. The van der Waals surface area contributed by atoms with E-state index in [1.165, 1.54) is 0 Å². The summed E-state index contributed by atoms with van der Waals surface area (Å²) >= 11 is 0. The summed E-state index contributed by atoms with van der Waals surface area (Å²) in [6.07, 6.45) is 1.67. The SMILES string of the molecule is O=S(=O)(NCc1ccn(-c2ccccc2)n1)c1c(F)cccc1F. The van der Waals surface area contributed by atoms with Crippen molar-refractivity contribution in [2.75, 3.05) is 0 Å². The second kappa shape index (κ2) is 6.50. The van der Waals surface area contributed by atoms with E-state index in [-0.39, 0.29) is 6.54 Å². The summed E-state index contributed by atoms with van der Waals surface area (Å²) in [4.78, 5) is -0.993. The molecule has 8 heteroatoms. The van der Waals surface area contributed by atoms with E-state index < -0.39 is 26.6 Å². The van der Waals surface area contributed by atoms with Crippen LogP contribution in [0.1, 0.15) is 5.69 Å². The molecule has 0 saturated carbocycles. The standard InChI is InChI=1S/C16H13F2N3O2S/c17-14-7-4-8-15(18)16(14)24(22,23)19-11-12-9-10-21(20-12)13-5-2-1-3-6-13/h1-10,19H,11H2. The van der Waals surface area contributed by atoms with Crippen molar-refractivity contribution >= 4 is 10.0 Å². The molecule has 1 N–H and O–H groups in total. The highest BCUT2D eigenvalue weighted by atomic mass is 32.2. The summed E-state index contributed by atoms with van der Waals surface area (Å²) in [7, 11) is -4.32. The maximum Gasteiger partial charge on any atom is 0.246 e. The molecule has 0 amide bonds. The van der Waals surface area contributed by atoms with Gasteiger partial charge in [-0.3, -0.25) is 0 Å². The molecule has 3 rings (SSSR count). The number of halogens is 2. The van der Waals surface area contributed by atoms with E-state index in [1.807, 2.05) is 30.3 Å². The molecule has 0 aliphatic heterocycles. The summed E-state index contributed by atoms with van der Waals surface area (Å²) in [5, 5.41) is 4.22. The molecule has 24 heavy (non-hydrogen) atoms. The molecule has 0 spiro atoms. The van der Waals surface area contributed by atoms with Gasteiger partial charge in [-0.1, -0.05) is 24.3 Å². The molecular weight excluding hydrogens is 336 g/mol. The van der Waals surface area contributed by atoms with E-state index in [0.29, 0.717) is 5.69 Å². The molecule has 0 aliphatic rings.